The minimum absolute atomic E-state index is 0.0505. The van der Waals surface area contributed by atoms with Crippen molar-refractivity contribution < 1.29 is 28.7 Å². The van der Waals surface area contributed by atoms with Crippen molar-refractivity contribution >= 4 is 23.5 Å². The third kappa shape index (κ3) is 5.37. The van der Waals surface area contributed by atoms with E-state index in [0.717, 1.165) is 6.07 Å². The molecule has 3 aromatic rings. The number of hydrogen-bond donors (Lipinski definition) is 0. The summed E-state index contributed by atoms with van der Waals surface area (Å²) in [6.07, 6.45) is 3.03. The first-order valence-corrected chi connectivity index (χ1v) is 9.42. The lowest BCUT2D eigenvalue weighted by atomic mass is 10.1. The summed E-state index contributed by atoms with van der Waals surface area (Å²) < 4.78 is 15.7. The molecule has 0 aliphatic heterocycles. The molecule has 8 nitrogen and oxygen atoms in total. The first kappa shape index (κ1) is 22.2. The maximum atomic E-state index is 12.5. The Morgan fingerprint density at radius 2 is 1.59 bits per heavy atom. The molecular weight excluding hydrogens is 414 g/mol. The predicted octanol–water partition coefficient (Wildman–Crippen LogP) is 4.73. The summed E-state index contributed by atoms with van der Waals surface area (Å²) in [5, 5.41) is 10.8. The third-order valence-electron chi connectivity index (χ3n) is 4.49. The Bertz CT molecular complexity index is 1180. The summed E-state index contributed by atoms with van der Waals surface area (Å²) in [5.74, 6) is 0.437. The van der Waals surface area contributed by atoms with Crippen molar-refractivity contribution in [2.24, 2.45) is 0 Å². The third-order valence-corrected chi connectivity index (χ3v) is 4.49. The second-order valence-electron chi connectivity index (χ2n) is 6.53. The Balaban J connectivity index is 1.70. The zero-order chi connectivity index (χ0) is 23.1. The van der Waals surface area contributed by atoms with Gasteiger partial charge in [-0.2, -0.15) is 0 Å². The van der Waals surface area contributed by atoms with E-state index in [9.17, 15) is 19.7 Å². The van der Waals surface area contributed by atoms with Gasteiger partial charge in [-0.3, -0.25) is 14.9 Å². The van der Waals surface area contributed by atoms with Gasteiger partial charge in [-0.1, -0.05) is 6.07 Å². The van der Waals surface area contributed by atoms with Gasteiger partial charge in [-0.25, -0.2) is 4.79 Å². The highest BCUT2D eigenvalue weighted by Crippen LogP contribution is 2.25. The minimum Gasteiger partial charge on any atom is -0.497 e. The summed E-state index contributed by atoms with van der Waals surface area (Å²) in [6, 6.07) is 16.5. The van der Waals surface area contributed by atoms with Crippen molar-refractivity contribution in [3.8, 4) is 17.2 Å². The minimum atomic E-state index is -0.738. The summed E-state index contributed by atoms with van der Waals surface area (Å²) in [6.45, 7) is 0. The highest BCUT2D eigenvalue weighted by Gasteiger charge is 2.14. The van der Waals surface area contributed by atoms with Crippen LogP contribution in [0.15, 0.2) is 72.8 Å². The van der Waals surface area contributed by atoms with Crippen LogP contribution in [0, 0.1) is 10.1 Å². The van der Waals surface area contributed by atoms with E-state index in [1.807, 2.05) is 0 Å². The predicted molar refractivity (Wildman–Crippen MR) is 117 cm³/mol. The quantitative estimate of drug-likeness (QED) is 0.126. The maximum Gasteiger partial charge on any atom is 0.343 e. The number of hydrogen-bond acceptors (Lipinski definition) is 7. The van der Waals surface area contributed by atoms with Gasteiger partial charge in [-0.05, 0) is 60.7 Å². The van der Waals surface area contributed by atoms with Gasteiger partial charge in [0.15, 0.2) is 5.78 Å². The Morgan fingerprint density at radius 1 is 0.875 bits per heavy atom. The van der Waals surface area contributed by atoms with Gasteiger partial charge in [0.05, 0.1) is 24.7 Å². The van der Waals surface area contributed by atoms with Gasteiger partial charge >= 0.3 is 5.97 Å². The molecule has 162 valence electrons. The van der Waals surface area contributed by atoms with E-state index >= 15 is 0 Å². The average Bonchev–Trinajstić information content (AvgIpc) is 2.82. The van der Waals surface area contributed by atoms with Crippen molar-refractivity contribution in [2.45, 2.75) is 0 Å². The Hall–Kier alpha value is -4.46. The topological polar surface area (TPSA) is 105 Å². The summed E-state index contributed by atoms with van der Waals surface area (Å²) in [5.41, 5.74) is 0.912. The number of allylic oxidation sites excluding steroid dienone is 1. The van der Waals surface area contributed by atoms with Gasteiger partial charge in [0.2, 0.25) is 0 Å². The summed E-state index contributed by atoms with van der Waals surface area (Å²) in [4.78, 5) is 35.0. The smallest absolute Gasteiger partial charge is 0.343 e. The zero-order valence-electron chi connectivity index (χ0n) is 17.3. The van der Waals surface area contributed by atoms with E-state index in [2.05, 4.69) is 0 Å². The molecule has 0 heterocycles. The second-order valence-corrected chi connectivity index (χ2v) is 6.53. The van der Waals surface area contributed by atoms with E-state index in [1.54, 1.807) is 31.4 Å². The lowest BCUT2D eigenvalue weighted by Gasteiger charge is -2.07. The molecule has 32 heavy (non-hydrogen) atoms. The molecular formula is C24H19NO7. The Kier molecular flexibility index (Phi) is 6.97. The largest absolute Gasteiger partial charge is 0.497 e. The van der Waals surface area contributed by atoms with Crippen molar-refractivity contribution in [1.82, 2.24) is 0 Å². The number of methoxy groups -OCH3 is 2. The number of nitrogens with zero attached hydrogens (tertiary/aromatic N) is 1. The van der Waals surface area contributed by atoms with E-state index in [4.69, 9.17) is 14.2 Å². The van der Waals surface area contributed by atoms with Crippen LogP contribution in [0.1, 0.15) is 26.3 Å². The summed E-state index contributed by atoms with van der Waals surface area (Å²) in [7, 11) is 3.09. The van der Waals surface area contributed by atoms with Gasteiger partial charge in [0.25, 0.3) is 5.69 Å². The van der Waals surface area contributed by atoms with Crippen LogP contribution in [0.2, 0.25) is 0 Å². The number of nitro benzene ring substituents is 1. The molecule has 0 aromatic heterocycles. The molecule has 0 bridgehead atoms. The van der Waals surface area contributed by atoms with Crippen molar-refractivity contribution in [2.75, 3.05) is 14.2 Å². The van der Waals surface area contributed by atoms with Crippen LogP contribution in [0.3, 0.4) is 0 Å². The fourth-order valence-corrected chi connectivity index (χ4v) is 2.83. The molecule has 3 rings (SSSR count). The molecule has 0 atom stereocenters. The molecule has 3 aromatic carbocycles. The van der Waals surface area contributed by atoms with E-state index in [0.29, 0.717) is 22.6 Å². The highest BCUT2D eigenvalue weighted by atomic mass is 16.6. The number of non-ortho nitro benzene ring substituents is 1. The maximum absolute atomic E-state index is 12.5. The first-order valence-electron chi connectivity index (χ1n) is 9.42. The number of rotatable bonds is 8. The van der Waals surface area contributed by atoms with Gasteiger partial charge in [0, 0.05) is 23.3 Å². The van der Waals surface area contributed by atoms with E-state index < -0.39 is 10.9 Å². The summed E-state index contributed by atoms with van der Waals surface area (Å²) >= 11 is 0. The van der Waals surface area contributed by atoms with Crippen molar-refractivity contribution in [3.63, 3.8) is 0 Å². The second kappa shape index (κ2) is 10.0. The van der Waals surface area contributed by atoms with Crippen molar-refractivity contribution in [1.29, 1.82) is 0 Å². The first-order chi connectivity index (χ1) is 15.4. The van der Waals surface area contributed by atoms with Crippen molar-refractivity contribution in [3.05, 3.63) is 99.6 Å². The van der Waals surface area contributed by atoms with Crippen LogP contribution in [0.5, 0.6) is 17.2 Å². The number of nitro groups is 1. The van der Waals surface area contributed by atoms with Crippen LogP contribution in [0.4, 0.5) is 5.69 Å². The highest BCUT2D eigenvalue weighted by molar-refractivity contribution is 6.07. The lowest BCUT2D eigenvalue weighted by molar-refractivity contribution is -0.384. The molecule has 0 spiro atoms. The number of ketones is 1. The normalized spacial score (nSPS) is 10.6. The fraction of sp³-hybridized carbons (Fsp3) is 0.0833. The standard InChI is InChI=1S/C24H19NO7/c1-30-21-11-13-23(31-2)17(15-21)8-12-22(26)16-6-9-20(10-7-16)32-24(27)18-4-3-5-19(14-18)25(28)29/h3-15H,1-2H3/b12-8+. The molecule has 0 unspecified atom stereocenters. The van der Waals surface area contributed by atoms with Crippen LogP contribution >= 0.6 is 0 Å². The molecule has 0 aliphatic carbocycles. The Morgan fingerprint density at radius 3 is 2.25 bits per heavy atom. The van der Waals surface area contributed by atoms with Crippen LogP contribution in [0.25, 0.3) is 6.08 Å². The van der Waals surface area contributed by atoms with Crippen LogP contribution < -0.4 is 14.2 Å². The SMILES string of the molecule is COc1ccc(OC)c(/C=C/C(=O)c2ccc(OC(=O)c3cccc([N+](=O)[O-])c3)cc2)c1. The number of esters is 1. The molecule has 0 saturated carbocycles. The van der Waals surface area contributed by atoms with Gasteiger partial charge in [0.1, 0.15) is 17.2 Å². The molecule has 0 N–H and O–H groups in total. The average molecular weight is 433 g/mol. The monoisotopic (exact) mass is 433 g/mol. The lowest BCUT2D eigenvalue weighted by Crippen LogP contribution is -2.09. The van der Waals surface area contributed by atoms with E-state index in [-0.39, 0.29) is 22.8 Å². The van der Waals surface area contributed by atoms with Crippen LogP contribution in [-0.4, -0.2) is 30.9 Å². The molecule has 0 radical (unpaired) electrons. The molecule has 0 saturated heterocycles. The fourth-order valence-electron chi connectivity index (χ4n) is 2.83. The number of ether oxygens (including phenoxy) is 3. The molecule has 8 heteroatoms. The molecule has 0 aliphatic rings. The number of carbonyl (C=O) groups excluding carboxylic acids is 2. The molecule has 0 fully saturated rings. The van der Waals surface area contributed by atoms with Gasteiger partial charge < -0.3 is 14.2 Å². The molecule has 0 amide bonds. The zero-order valence-corrected chi connectivity index (χ0v) is 17.3. The number of carbonyl (C=O) groups is 2. The number of benzene rings is 3. The van der Waals surface area contributed by atoms with Crippen LogP contribution in [-0.2, 0) is 0 Å². The Labute approximate surface area is 183 Å². The van der Waals surface area contributed by atoms with E-state index in [1.165, 1.54) is 55.7 Å². The van der Waals surface area contributed by atoms with Gasteiger partial charge in [-0.15, -0.1) is 0 Å².